The van der Waals surface area contributed by atoms with Gasteiger partial charge in [-0.3, -0.25) is 9.69 Å². The van der Waals surface area contributed by atoms with Gasteiger partial charge in [-0.25, -0.2) is 9.78 Å². The van der Waals surface area contributed by atoms with Gasteiger partial charge in [-0.2, -0.15) is 13.2 Å². The SMILES string of the molecule is O=C(NCC1CN(Cc2cccc3ccccc23)Cc2cncn21)C1CC1.O=C(O)C(F)(F)F. The molecule has 1 unspecified atom stereocenters. The lowest BCUT2D eigenvalue weighted by Gasteiger charge is -2.34. The van der Waals surface area contributed by atoms with Gasteiger partial charge in [0, 0.05) is 38.3 Å². The van der Waals surface area contributed by atoms with Gasteiger partial charge in [-0.05, 0) is 29.2 Å². The fraction of sp³-hybridized carbons (Fsp3) is 0.375. The molecule has 2 heterocycles. The van der Waals surface area contributed by atoms with Crippen molar-refractivity contribution in [1.29, 1.82) is 0 Å². The molecule has 10 heteroatoms. The first kappa shape index (κ1) is 23.7. The number of halogens is 3. The molecule has 1 aliphatic heterocycles. The van der Waals surface area contributed by atoms with Crippen LogP contribution in [0.15, 0.2) is 55.0 Å². The number of alkyl halides is 3. The molecule has 1 aromatic heterocycles. The number of nitrogens with one attached hydrogen (secondary N) is 1. The number of imidazole rings is 1. The highest BCUT2D eigenvalue weighted by atomic mass is 19.4. The molecule has 0 radical (unpaired) electrons. The molecule has 2 aromatic carbocycles. The predicted octanol–water partition coefficient (Wildman–Crippen LogP) is 3.75. The molecule has 34 heavy (non-hydrogen) atoms. The summed E-state index contributed by atoms with van der Waals surface area (Å²) in [6, 6.07) is 15.3. The molecule has 0 bridgehead atoms. The molecule has 1 fully saturated rings. The van der Waals surface area contributed by atoms with E-state index in [-0.39, 0.29) is 17.9 Å². The van der Waals surface area contributed by atoms with Gasteiger partial charge in [0.2, 0.25) is 5.91 Å². The van der Waals surface area contributed by atoms with E-state index in [1.807, 2.05) is 12.5 Å². The molecule has 180 valence electrons. The number of carbonyl (C=O) groups is 2. The number of aromatic nitrogens is 2. The highest BCUT2D eigenvalue weighted by Crippen LogP contribution is 2.29. The van der Waals surface area contributed by atoms with E-state index in [2.05, 4.69) is 62.2 Å². The Kier molecular flexibility index (Phi) is 6.87. The molecule has 2 aliphatic rings. The van der Waals surface area contributed by atoms with Crippen molar-refractivity contribution in [3.8, 4) is 0 Å². The van der Waals surface area contributed by atoms with Gasteiger partial charge >= 0.3 is 12.1 Å². The van der Waals surface area contributed by atoms with E-state index in [0.29, 0.717) is 6.54 Å². The Morgan fingerprint density at radius 1 is 1.12 bits per heavy atom. The summed E-state index contributed by atoms with van der Waals surface area (Å²) in [5.74, 6) is -2.29. The molecule has 3 aromatic rings. The predicted molar refractivity (Wildman–Crippen MR) is 119 cm³/mol. The molecule has 2 N–H and O–H groups in total. The normalized spacial score (nSPS) is 18.0. The zero-order valence-electron chi connectivity index (χ0n) is 18.3. The summed E-state index contributed by atoms with van der Waals surface area (Å²) in [6.07, 6.45) is 0.851. The number of fused-ring (bicyclic) bond motifs is 2. The lowest BCUT2D eigenvalue weighted by molar-refractivity contribution is -0.192. The number of nitrogens with zero attached hydrogens (tertiary/aromatic N) is 3. The van der Waals surface area contributed by atoms with Crippen LogP contribution in [0.3, 0.4) is 0 Å². The van der Waals surface area contributed by atoms with Crippen molar-refractivity contribution in [3.63, 3.8) is 0 Å². The van der Waals surface area contributed by atoms with Gasteiger partial charge in [-0.15, -0.1) is 0 Å². The lowest BCUT2D eigenvalue weighted by Crippen LogP contribution is -2.42. The second-order valence-corrected chi connectivity index (χ2v) is 8.58. The molecule has 0 spiro atoms. The van der Waals surface area contributed by atoms with E-state index in [4.69, 9.17) is 9.90 Å². The van der Waals surface area contributed by atoms with Crippen LogP contribution in [0.2, 0.25) is 0 Å². The third-order valence-corrected chi connectivity index (χ3v) is 5.97. The number of carboxylic acids is 1. The minimum atomic E-state index is -5.08. The molecule has 7 nitrogen and oxygen atoms in total. The zero-order chi connectivity index (χ0) is 24.3. The maximum atomic E-state index is 12.1. The number of hydrogen-bond donors (Lipinski definition) is 2. The number of amides is 1. The summed E-state index contributed by atoms with van der Waals surface area (Å²) in [5, 5.41) is 12.9. The average molecular weight is 474 g/mol. The van der Waals surface area contributed by atoms with Crippen LogP contribution in [0.25, 0.3) is 10.8 Å². The van der Waals surface area contributed by atoms with Crippen LogP contribution in [0.5, 0.6) is 0 Å². The topological polar surface area (TPSA) is 87.5 Å². The number of carbonyl (C=O) groups excluding carboxylic acids is 1. The quantitative estimate of drug-likeness (QED) is 0.588. The van der Waals surface area contributed by atoms with E-state index < -0.39 is 12.1 Å². The fourth-order valence-electron chi connectivity index (χ4n) is 4.13. The van der Waals surface area contributed by atoms with Crippen LogP contribution in [0, 0.1) is 5.92 Å². The Labute approximate surface area is 194 Å². The maximum absolute atomic E-state index is 12.1. The van der Waals surface area contributed by atoms with Crippen LogP contribution in [-0.4, -0.2) is 50.7 Å². The first-order valence-electron chi connectivity index (χ1n) is 11.0. The van der Waals surface area contributed by atoms with Crippen LogP contribution in [0.1, 0.15) is 30.1 Å². The van der Waals surface area contributed by atoms with Gasteiger partial charge in [-0.1, -0.05) is 42.5 Å². The van der Waals surface area contributed by atoms with Gasteiger partial charge in [0.25, 0.3) is 0 Å². The minimum absolute atomic E-state index is 0.211. The summed E-state index contributed by atoms with van der Waals surface area (Å²) < 4.78 is 34.0. The van der Waals surface area contributed by atoms with Crippen molar-refractivity contribution >= 4 is 22.6 Å². The lowest BCUT2D eigenvalue weighted by atomic mass is 10.0. The Bertz CT molecular complexity index is 1170. The monoisotopic (exact) mass is 474 g/mol. The van der Waals surface area contributed by atoms with Gasteiger partial charge in [0.1, 0.15) is 0 Å². The minimum Gasteiger partial charge on any atom is -0.475 e. The Morgan fingerprint density at radius 2 is 1.82 bits per heavy atom. The number of hydrogen-bond acceptors (Lipinski definition) is 4. The fourth-order valence-corrected chi connectivity index (χ4v) is 4.13. The molecular weight excluding hydrogens is 449 g/mol. The summed E-state index contributed by atoms with van der Waals surface area (Å²) in [5.41, 5.74) is 2.56. The summed E-state index contributed by atoms with van der Waals surface area (Å²) >= 11 is 0. The third kappa shape index (κ3) is 5.74. The van der Waals surface area contributed by atoms with E-state index >= 15 is 0 Å². The number of aliphatic carboxylic acids is 1. The van der Waals surface area contributed by atoms with E-state index in [0.717, 1.165) is 32.5 Å². The standard InChI is InChI=1S/C22H24N4O.C2HF3O2/c27-22(17-8-9-17)24-11-20-14-25(13-19-10-23-15-26(19)20)12-18-6-3-5-16-4-1-2-7-21(16)18;3-2(4,5)1(6)7/h1-7,10,15,17,20H,8-9,11-14H2,(H,24,27);(H,6,7). The molecular formula is C24H25F3N4O3. The van der Waals surface area contributed by atoms with Crippen molar-refractivity contribution in [2.75, 3.05) is 13.1 Å². The number of benzene rings is 2. The van der Waals surface area contributed by atoms with Crippen LogP contribution >= 0.6 is 0 Å². The summed E-state index contributed by atoms with van der Waals surface area (Å²) in [6.45, 7) is 3.37. The van der Waals surface area contributed by atoms with Gasteiger partial charge < -0.3 is 15.0 Å². The van der Waals surface area contributed by atoms with Gasteiger partial charge in [0.05, 0.1) is 18.1 Å². The van der Waals surface area contributed by atoms with Crippen LogP contribution < -0.4 is 5.32 Å². The molecule has 1 amide bonds. The number of rotatable bonds is 5. The molecule has 1 aliphatic carbocycles. The van der Waals surface area contributed by atoms with Crippen molar-refractivity contribution in [2.24, 2.45) is 5.92 Å². The van der Waals surface area contributed by atoms with Crippen LogP contribution in [0.4, 0.5) is 13.2 Å². The molecule has 0 saturated heterocycles. The Hall–Kier alpha value is -3.40. The molecule has 5 rings (SSSR count). The Balaban J connectivity index is 0.000000344. The van der Waals surface area contributed by atoms with E-state index in [9.17, 15) is 18.0 Å². The first-order chi connectivity index (χ1) is 16.2. The van der Waals surface area contributed by atoms with Gasteiger partial charge in [0.15, 0.2) is 0 Å². The Morgan fingerprint density at radius 3 is 2.53 bits per heavy atom. The second kappa shape index (κ2) is 9.84. The van der Waals surface area contributed by atoms with E-state index in [1.54, 1.807) is 0 Å². The molecule has 1 atom stereocenters. The van der Waals surface area contributed by atoms with Crippen molar-refractivity contribution in [1.82, 2.24) is 19.8 Å². The second-order valence-electron chi connectivity index (χ2n) is 8.58. The van der Waals surface area contributed by atoms with Crippen molar-refractivity contribution < 1.29 is 27.9 Å². The number of carboxylic acid groups (broad SMARTS) is 1. The van der Waals surface area contributed by atoms with Crippen molar-refractivity contribution in [2.45, 2.75) is 38.1 Å². The molecule has 1 saturated carbocycles. The van der Waals surface area contributed by atoms with E-state index in [1.165, 1.54) is 22.0 Å². The highest BCUT2D eigenvalue weighted by molar-refractivity contribution is 5.85. The summed E-state index contributed by atoms with van der Waals surface area (Å²) in [7, 11) is 0. The maximum Gasteiger partial charge on any atom is 0.490 e. The highest BCUT2D eigenvalue weighted by Gasteiger charge is 2.38. The first-order valence-corrected chi connectivity index (χ1v) is 11.0. The smallest absolute Gasteiger partial charge is 0.475 e. The zero-order valence-corrected chi connectivity index (χ0v) is 18.3. The summed E-state index contributed by atoms with van der Waals surface area (Å²) in [4.78, 5) is 27.8. The largest absolute Gasteiger partial charge is 0.490 e. The van der Waals surface area contributed by atoms with Crippen LogP contribution in [-0.2, 0) is 22.7 Å². The third-order valence-electron chi connectivity index (χ3n) is 5.97. The van der Waals surface area contributed by atoms with Crippen molar-refractivity contribution in [3.05, 3.63) is 66.2 Å². The average Bonchev–Trinajstić information content (AvgIpc) is 3.55.